The fourth-order valence-corrected chi connectivity index (χ4v) is 4.29. The van der Waals surface area contributed by atoms with Crippen LogP contribution in [0.1, 0.15) is 71.1 Å². The van der Waals surface area contributed by atoms with Crippen molar-refractivity contribution in [2.75, 3.05) is 13.1 Å². The lowest BCUT2D eigenvalue weighted by Gasteiger charge is -2.39. The van der Waals surface area contributed by atoms with Crippen molar-refractivity contribution in [3.05, 3.63) is 0 Å². The van der Waals surface area contributed by atoms with Gasteiger partial charge in [0.2, 0.25) is 0 Å². The lowest BCUT2D eigenvalue weighted by Crippen LogP contribution is -2.49. The molecule has 2 nitrogen and oxygen atoms in total. The van der Waals surface area contributed by atoms with Crippen LogP contribution in [0.25, 0.3) is 0 Å². The molecule has 2 heteroatoms. The maximum atomic E-state index is 6.16. The Morgan fingerprint density at radius 2 is 1.50 bits per heavy atom. The van der Waals surface area contributed by atoms with Crippen LogP contribution in [-0.2, 0) is 0 Å². The zero-order chi connectivity index (χ0) is 12.8. The first-order chi connectivity index (χ1) is 8.86. The van der Waals surface area contributed by atoms with Crippen LogP contribution in [-0.4, -0.2) is 30.1 Å². The highest BCUT2D eigenvalue weighted by molar-refractivity contribution is 4.87. The van der Waals surface area contributed by atoms with Gasteiger partial charge in [0.1, 0.15) is 0 Å². The highest BCUT2D eigenvalue weighted by Crippen LogP contribution is 2.32. The quantitative estimate of drug-likeness (QED) is 0.758. The molecule has 0 saturated heterocycles. The van der Waals surface area contributed by atoms with Crippen LogP contribution in [0.4, 0.5) is 0 Å². The molecule has 106 valence electrons. The molecule has 0 aromatic rings. The SMILES string of the molecule is CCN(C1CCCC1)C(CN)C1CCCCCC1. The van der Waals surface area contributed by atoms with Gasteiger partial charge in [-0.2, -0.15) is 0 Å². The van der Waals surface area contributed by atoms with E-state index in [2.05, 4.69) is 11.8 Å². The van der Waals surface area contributed by atoms with Crippen molar-refractivity contribution >= 4 is 0 Å². The summed E-state index contributed by atoms with van der Waals surface area (Å²) in [7, 11) is 0. The Bertz CT molecular complexity index is 215. The van der Waals surface area contributed by atoms with Gasteiger partial charge in [0.05, 0.1) is 0 Å². The zero-order valence-corrected chi connectivity index (χ0v) is 12.2. The molecule has 2 N–H and O–H groups in total. The molecule has 1 unspecified atom stereocenters. The first-order valence-corrected chi connectivity index (χ1v) is 8.32. The number of hydrogen-bond acceptors (Lipinski definition) is 2. The monoisotopic (exact) mass is 252 g/mol. The minimum absolute atomic E-state index is 0.663. The molecule has 2 aliphatic carbocycles. The van der Waals surface area contributed by atoms with Gasteiger partial charge in [-0.1, -0.05) is 45.4 Å². The molecule has 0 bridgehead atoms. The molecule has 0 aromatic carbocycles. The standard InChI is InChI=1S/C16H32N2/c1-2-18(15-11-7-8-12-15)16(13-17)14-9-5-3-4-6-10-14/h14-16H,2-13,17H2,1H3. The van der Waals surface area contributed by atoms with Gasteiger partial charge in [0.15, 0.2) is 0 Å². The Kier molecular flexibility index (Phi) is 5.97. The lowest BCUT2D eigenvalue weighted by atomic mass is 9.89. The predicted molar refractivity (Wildman–Crippen MR) is 78.7 cm³/mol. The topological polar surface area (TPSA) is 29.3 Å². The van der Waals surface area contributed by atoms with E-state index in [1.165, 1.54) is 70.8 Å². The number of nitrogens with zero attached hydrogens (tertiary/aromatic N) is 1. The Balaban J connectivity index is 1.99. The molecule has 2 fully saturated rings. The summed E-state index contributed by atoms with van der Waals surface area (Å²) in [4.78, 5) is 2.77. The van der Waals surface area contributed by atoms with Crippen LogP contribution >= 0.6 is 0 Å². The fraction of sp³-hybridized carbons (Fsp3) is 1.00. The Hall–Kier alpha value is -0.0800. The van der Waals surface area contributed by atoms with E-state index in [1.54, 1.807) is 0 Å². The molecule has 2 aliphatic rings. The largest absolute Gasteiger partial charge is 0.329 e. The van der Waals surface area contributed by atoms with E-state index in [0.717, 1.165) is 18.5 Å². The molecule has 0 aromatic heterocycles. The van der Waals surface area contributed by atoms with Crippen molar-refractivity contribution in [1.82, 2.24) is 4.90 Å². The summed E-state index contributed by atoms with van der Waals surface area (Å²) >= 11 is 0. The fourth-order valence-electron chi connectivity index (χ4n) is 4.29. The summed E-state index contributed by atoms with van der Waals surface area (Å²) in [6, 6.07) is 1.50. The average molecular weight is 252 g/mol. The average Bonchev–Trinajstić information content (AvgIpc) is 2.78. The molecule has 18 heavy (non-hydrogen) atoms. The van der Waals surface area contributed by atoms with Crippen molar-refractivity contribution in [3.63, 3.8) is 0 Å². The van der Waals surface area contributed by atoms with E-state index in [1.807, 2.05) is 0 Å². The molecule has 0 amide bonds. The van der Waals surface area contributed by atoms with Crippen molar-refractivity contribution in [3.8, 4) is 0 Å². The van der Waals surface area contributed by atoms with Crippen LogP contribution in [0.3, 0.4) is 0 Å². The summed E-state index contributed by atoms with van der Waals surface area (Å²) in [5, 5.41) is 0. The predicted octanol–water partition coefficient (Wildman–Crippen LogP) is 3.55. The van der Waals surface area contributed by atoms with E-state index < -0.39 is 0 Å². The molecule has 2 saturated carbocycles. The van der Waals surface area contributed by atoms with Crippen LogP contribution in [0, 0.1) is 5.92 Å². The second kappa shape index (κ2) is 7.49. The van der Waals surface area contributed by atoms with Crippen LogP contribution in [0.15, 0.2) is 0 Å². The molecule has 2 rings (SSSR count). The van der Waals surface area contributed by atoms with Gasteiger partial charge in [-0.15, -0.1) is 0 Å². The van der Waals surface area contributed by atoms with Gasteiger partial charge in [0, 0.05) is 18.6 Å². The molecule has 1 atom stereocenters. The first kappa shape index (κ1) is 14.3. The van der Waals surface area contributed by atoms with Gasteiger partial charge in [-0.05, 0) is 38.1 Å². The molecule has 0 radical (unpaired) electrons. The van der Waals surface area contributed by atoms with Gasteiger partial charge in [0.25, 0.3) is 0 Å². The van der Waals surface area contributed by atoms with Gasteiger partial charge < -0.3 is 5.73 Å². The van der Waals surface area contributed by atoms with E-state index in [0.29, 0.717) is 6.04 Å². The third-order valence-electron chi connectivity index (χ3n) is 5.27. The Morgan fingerprint density at radius 1 is 0.944 bits per heavy atom. The van der Waals surface area contributed by atoms with Crippen LogP contribution in [0.2, 0.25) is 0 Å². The van der Waals surface area contributed by atoms with Gasteiger partial charge in [-0.25, -0.2) is 0 Å². The lowest BCUT2D eigenvalue weighted by molar-refractivity contribution is 0.0960. The maximum Gasteiger partial charge on any atom is 0.0249 e. The van der Waals surface area contributed by atoms with Gasteiger partial charge in [-0.3, -0.25) is 4.90 Å². The molecular formula is C16H32N2. The number of rotatable bonds is 5. The summed E-state index contributed by atoms with van der Waals surface area (Å²) in [5.41, 5.74) is 6.16. The van der Waals surface area contributed by atoms with Gasteiger partial charge >= 0.3 is 0 Å². The van der Waals surface area contributed by atoms with Crippen molar-refractivity contribution in [2.45, 2.75) is 83.2 Å². The second-order valence-electron chi connectivity index (χ2n) is 6.32. The Morgan fingerprint density at radius 3 is 2.00 bits per heavy atom. The smallest absolute Gasteiger partial charge is 0.0249 e. The molecule has 0 aliphatic heterocycles. The number of nitrogens with two attached hydrogens (primary N) is 1. The second-order valence-corrected chi connectivity index (χ2v) is 6.32. The van der Waals surface area contributed by atoms with Crippen molar-refractivity contribution < 1.29 is 0 Å². The van der Waals surface area contributed by atoms with E-state index in [9.17, 15) is 0 Å². The molecule has 0 heterocycles. The van der Waals surface area contributed by atoms with Crippen molar-refractivity contribution in [1.29, 1.82) is 0 Å². The first-order valence-electron chi connectivity index (χ1n) is 8.32. The summed E-state index contributed by atoms with van der Waals surface area (Å²) in [6.07, 6.45) is 14.3. The number of likely N-dealkylation sites (N-methyl/N-ethyl adjacent to an activating group) is 1. The third kappa shape index (κ3) is 3.48. The van der Waals surface area contributed by atoms with Crippen LogP contribution in [0.5, 0.6) is 0 Å². The van der Waals surface area contributed by atoms with Crippen molar-refractivity contribution in [2.24, 2.45) is 11.7 Å². The minimum Gasteiger partial charge on any atom is -0.329 e. The Labute approximate surface area is 113 Å². The summed E-state index contributed by atoms with van der Waals surface area (Å²) < 4.78 is 0. The van der Waals surface area contributed by atoms with Crippen LogP contribution < -0.4 is 5.73 Å². The van der Waals surface area contributed by atoms with E-state index in [-0.39, 0.29) is 0 Å². The zero-order valence-electron chi connectivity index (χ0n) is 12.2. The summed E-state index contributed by atoms with van der Waals surface area (Å²) in [5.74, 6) is 0.873. The normalized spacial score (nSPS) is 25.5. The van der Waals surface area contributed by atoms with E-state index in [4.69, 9.17) is 5.73 Å². The molecular weight excluding hydrogens is 220 g/mol. The summed E-state index contributed by atoms with van der Waals surface area (Å²) in [6.45, 7) is 4.40. The minimum atomic E-state index is 0.663. The molecule has 0 spiro atoms. The maximum absolute atomic E-state index is 6.16. The number of hydrogen-bond donors (Lipinski definition) is 1. The highest BCUT2D eigenvalue weighted by Gasteiger charge is 2.31. The highest BCUT2D eigenvalue weighted by atomic mass is 15.2. The van der Waals surface area contributed by atoms with E-state index >= 15 is 0 Å². The third-order valence-corrected chi connectivity index (χ3v) is 5.27.